The van der Waals surface area contributed by atoms with Gasteiger partial charge < -0.3 is 5.73 Å². The van der Waals surface area contributed by atoms with Crippen molar-refractivity contribution >= 4 is 27.3 Å². The van der Waals surface area contributed by atoms with Gasteiger partial charge in [-0.2, -0.15) is 0 Å². The average molecular weight is 374 g/mol. The van der Waals surface area contributed by atoms with Crippen LogP contribution in [0.4, 0.5) is 0 Å². The van der Waals surface area contributed by atoms with Gasteiger partial charge in [-0.05, 0) is 47.9 Å². The summed E-state index contributed by atoms with van der Waals surface area (Å²) in [6.07, 6.45) is 2.29. The van der Waals surface area contributed by atoms with Crippen molar-refractivity contribution in [3.05, 3.63) is 20.8 Å². The first kappa shape index (κ1) is 17.4. The molecule has 0 saturated carbocycles. The fourth-order valence-corrected chi connectivity index (χ4v) is 5.08. The molecule has 1 fully saturated rings. The molecule has 2 rings (SSSR count). The maximum atomic E-state index is 6.46. The zero-order valence-corrected chi connectivity index (χ0v) is 15.8. The van der Waals surface area contributed by atoms with Crippen LogP contribution in [-0.2, 0) is 0 Å². The minimum atomic E-state index is 0.214. The third kappa shape index (κ3) is 4.08. The number of thiophene rings is 1. The predicted octanol–water partition coefficient (Wildman–Crippen LogP) is 3.71. The van der Waals surface area contributed by atoms with E-state index >= 15 is 0 Å². The summed E-state index contributed by atoms with van der Waals surface area (Å²) < 4.78 is 1.18. The monoisotopic (exact) mass is 373 g/mol. The largest absolute Gasteiger partial charge is 0.326 e. The van der Waals surface area contributed by atoms with Gasteiger partial charge in [0, 0.05) is 39.9 Å². The second-order valence-electron chi connectivity index (χ2n) is 5.84. The topological polar surface area (TPSA) is 32.5 Å². The average Bonchev–Trinajstić information content (AvgIpc) is 3.11. The summed E-state index contributed by atoms with van der Waals surface area (Å²) >= 11 is 5.41. The van der Waals surface area contributed by atoms with Crippen molar-refractivity contribution in [1.82, 2.24) is 9.80 Å². The second-order valence-corrected chi connectivity index (χ2v) is 7.70. The smallest absolute Gasteiger partial charge is 0.0594 e. The third-order valence-electron chi connectivity index (χ3n) is 4.67. The molecule has 0 aromatic carbocycles. The Morgan fingerprint density at radius 3 is 2.67 bits per heavy atom. The molecule has 5 heteroatoms. The first-order valence-electron chi connectivity index (χ1n) is 8.08. The van der Waals surface area contributed by atoms with Crippen LogP contribution in [-0.4, -0.2) is 48.1 Å². The lowest BCUT2D eigenvalue weighted by Crippen LogP contribution is -2.42. The van der Waals surface area contributed by atoms with Crippen LogP contribution in [0.3, 0.4) is 0 Å². The molecule has 120 valence electrons. The molecule has 21 heavy (non-hydrogen) atoms. The standard InChI is InChI=1S/C16H28BrN3S/c1-4-14(18)16(15-9-12(17)11-21-15)20-8-7-13(10-20)19(5-2)6-3/h9,11,13-14,16H,4-8,10,18H2,1-3H3. The van der Waals surface area contributed by atoms with Gasteiger partial charge in [-0.25, -0.2) is 0 Å². The zero-order valence-electron chi connectivity index (χ0n) is 13.4. The highest BCUT2D eigenvalue weighted by atomic mass is 79.9. The van der Waals surface area contributed by atoms with Crippen LogP contribution in [0.5, 0.6) is 0 Å². The van der Waals surface area contributed by atoms with Crippen LogP contribution in [0.2, 0.25) is 0 Å². The molecule has 1 aliphatic rings. The molecule has 2 heterocycles. The number of likely N-dealkylation sites (tertiary alicyclic amines) is 1. The molecule has 3 atom stereocenters. The second kappa shape index (κ2) is 8.06. The summed E-state index contributed by atoms with van der Waals surface area (Å²) in [4.78, 5) is 6.59. The van der Waals surface area contributed by atoms with Gasteiger partial charge in [0.05, 0.1) is 6.04 Å². The van der Waals surface area contributed by atoms with Gasteiger partial charge in [0.1, 0.15) is 0 Å². The molecule has 0 amide bonds. The maximum Gasteiger partial charge on any atom is 0.0594 e. The van der Waals surface area contributed by atoms with Crippen LogP contribution >= 0.6 is 27.3 Å². The summed E-state index contributed by atoms with van der Waals surface area (Å²) in [6.45, 7) is 11.3. The summed E-state index contributed by atoms with van der Waals surface area (Å²) in [5, 5.41) is 2.17. The van der Waals surface area contributed by atoms with Gasteiger partial charge in [0.25, 0.3) is 0 Å². The van der Waals surface area contributed by atoms with Gasteiger partial charge in [-0.15, -0.1) is 11.3 Å². The Kier molecular flexibility index (Phi) is 6.69. The Labute approximate surface area is 141 Å². The van der Waals surface area contributed by atoms with Crippen molar-refractivity contribution in [3.8, 4) is 0 Å². The molecule has 0 bridgehead atoms. The Hall–Kier alpha value is 0.0600. The van der Waals surface area contributed by atoms with E-state index in [-0.39, 0.29) is 6.04 Å². The molecular weight excluding hydrogens is 346 g/mol. The molecule has 2 N–H and O–H groups in total. The van der Waals surface area contributed by atoms with Gasteiger partial charge in [-0.3, -0.25) is 9.80 Å². The number of hydrogen-bond acceptors (Lipinski definition) is 4. The highest BCUT2D eigenvalue weighted by Gasteiger charge is 2.34. The van der Waals surface area contributed by atoms with Crippen LogP contribution in [0.1, 0.15) is 44.5 Å². The maximum absolute atomic E-state index is 6.46. The van der Waals surface area contributed by atoms with Crippen LogP contribution < -0.4 is 5.73 Å². The normalized spacial score (nSPS) is 22.9. The van der Waals surface area contributed by atoms with Gasteiger partial charge in [-0.1, -0.05) is 20.8 Å². The molecule has 0 aliphatic carbocycles. The van der Waals surface area contributed by atoms with Crippen LogP contribution in [0.25, 0.3) is 0 Å². The number of nitrogens with two attached hydrogens (primary N) is 1. The minimum Gasteiger partial charge on any atom is -0.326 e. The van der Waals surface area contributed by atoms with Gasteiger partial charge >= 0.3 is 0 Å². The van der Waals surface area contributed by atoms with Crippen molar-refractivity contribution in [1.29, 1.82) is 0 Å². The molecule has 3 unspecified atom stereocenters. The van der Waals surface area contributed by atoms with E-state index in [1.54, 1.807) is 0 Å². The Bertz CT molecular complexity index is 433. The van der Waals surface area contributed by atoms with E-state index in [1.807, 2.05) is 11.3 Å². The fraction of sp³-hybridized carbons (Fsp3) is 0.750. The lowest BCUT2D eigenvalue weighted by atomic mass is 10.0. The summed E-state index contributed by atoms with van der Waals surface area (Å²) in [7, 11) is 0. The number of likely N-dealkylation sites (N-methyl/N-ethyl adjacent to an activating group) is 1. The molecule has 1 aromatic heterocycles. The van der Waals surface area contributed by atoms with Crippen molar-refractivity contribution in [2.75, 3.05) is 26.2 Å². The highest BCUT2D eigenvalue weighted by Crippen LogP contribution is 2.35. The summed E-state index contributed by atoms with van der Waals surface area (Å²) in [5.41, 5.74) is 6.46. The number of nitrogens with zero attached hydrogens (tertiary/aromatic N) is 2. The van der Waals surface area contributed by atoms with E-state index in [0.717, 1.165) is 32.6 Å². The minimum absolute atomic E-state index is 0.214. The number of rotatable bonds is 7. The zero-order chi connectivity index (χ0) is 15.4. The van der Waals surface area contributed by atoms with E-state index in [9.17, 15) is 0 Å². The fourth-order valence-electron chi connectivity index (χ4n) is 3.43. The highest BCUT2D eigenvalue weighted by molar-refractivity contribution is 9.10. The van der Waals surface area contributed by atoms with E-state index < -0.39 is 0 Å². The quantitative estimate of drug-likeness (QED) is 0.790. The van der Waals surface area contributed by atoms with E-state index in [0.29, 0.717) is 12.1 Å². The SMILES string of the molecule is CCC(N)C(c1cc(Br)cs1)N1CCC(N(CC)CC)C1. The lowest BCUT2D eigenvalue weighted by Gasteiger charge is -2.33. The molecule has 3 nitrogen and oxygen atoms in total. The predicted molar refractivity (Wildman–Crippen MR) is 95.9 cm³/mol. The van der Waals surface area contributed by atoms with Gasteiger partial charge in [0.15, 0.2) is 0 Å². The Morgan fingerprint density at radius 2 is 2.14 bits per heavy atom. The van der Waals surface area contributed by atoms with E-state index in [1.165, 1.54) is 15.8 Å². The molecule has 1 aliphatic heterocycles. The van der Waals surface area contributed by atoms with Crippen LogP contribution in [0, 0.1) is 0 Å². The molecule has 1 saturated heterocycles. The molecule has 0 radical (unpaired) electrons. The van der Waals surface area contributed by atoms with Crippen molar-refractivity contribution in [2.24, 2.45) is 5.73 Å². The van der Waals surface area contributed by atoms with E-state index in [2.05, 4.69) is 57.9 Å². The Balaban J connectivity index is 2.12. The summed E-state index contributed by atoms with van der Waals surface area (Å²) in [6, 6.07) is 3.52. The molecule has 0 spiro atoms. The molecule has 1 aromatic rings. The van der Waals surface area contributed by atoms with Crippen LogP contribution in [0.15, 0.2) is 15.9 Å². The number of halogens is 1. The first-order chi connectivity index (χ1) is 10.1. The van der Waals surface area contributed by atoms with Gasteiger partial charge in [0.2, 0.25) is 0 Å². The van der Waals surface area contributed by atoms with E-state index in [4.69, 9.17) is 5.73 Å². The number of hydrogen-bond donors (Lipinski definition) is 1. The summed E-state index contributed by atoms with van der Waals surface area (Å²) in [5.74, 6) is 0. The van der Waals surface area contributed by atoms with Crippen molar-refractivity contribution < 1.29 is 0 Å². The lowest BCUT2D eigenvalue weighted by molar-refractivity contribution is 0.173. The Morgan fingerprint density at radius 1 is 1.43 bits per heavy atom. The first-order valence-corrected chi connectivity index (χ1v) is 9.75. The van der Waals surface area contributed by atoms with Crippen molar-refractivity contribution in [2.45, 2.75) is 51.7 Å². The molecular formula is C16H28BrN3S. The third-order valence-corrected chi connectivity index (χ3v) is 6.44. The van der Waals surface area contributed by atoms with Crippen molar-refractivity contribution in [3.63, 3.8) is 0 Å².